The molecule has 0 bridgehead atoms. The van der Waals surface area contributed by atoms with E-state index >= 15 is 0 Å². The molecule has 0 spiro atoms. The lowest BCUT2D eigenvalue weighted by Gasteiger charge is -1.93. The summed E-state index contributed by atoms with van der Waals surface area (Å²) in [5.74, 6) is 0.0454. The number of nitrogens with zero attached hydrogens (tertiary/aromatic N) is 2. The van der Waals surface area contributed by atoms with Crippen LogP contribution < -0.4 is 0 Å². The predicted octanol–water partition coefficient (Wildman–Crippen LogP) is 3.79. The molecule has 0 saturated carbocycles. The van der Waals surface area contributed by atoms with E-state index in [1.54, 1.807) is 24.4 Å². The number of halogens is 2. The summed E-state index contributed by atoms with van der Waals surface area (Å²) >= 11 is 3.30. The average Bonchev–Trinajstić information content (AvgIpc) is 2.72. The van der Waals surface area contributed by atoms with Crippen molar-refractivity contribution in [3.8, 4) is 11.5 Å². The molecule has 0 atom stereocenters. The average molecular weight is 293 g/mol. The van der Waals surface area contributed by atoms with Gasteiger partial charge in [0.1, 0.15) is 5.82 Å². The fourth-order valence-electron chi connectivity index (χ4n) is 1.54. The largest absolute Gasteiger partial charge is 0.434 e. The highest BCUT2D eigenvalue weighted by Gasteiger charge is 2.09. The van der Waals surface area contributed by atoms with Gasteiger partial charge in [-0.15, -0.1) is 0 Å². The van der Waals surface area contributed by atoms with Crippen molar-refractivity contribution in [2.75, 3.05) is 0 Å². The molecule has 84 valence electrons. The topological polar surface area (TPSA) is 38.9 Å². The summed E-state index contributed by atoms with van der Waals surface area (Å²) in [6.45, 7) is 0. The maximum atomic E-state index is 13.1. The third kappa shape index (κ3) is 1.93. The van der Waals surface area contributed by atoms with Gasteiger partial charge in [-0.25, -0.2) is 9.37 Å². The van der Waals surface area contributed by atoms with Gasteiger partial charge in [-0.2, -0.15) is 4.98 Å². The minimum absolute atomic E-state index is 0.320. The Hall–Kier alpha value is -1.75. The Morgan fingerprint density at radius 1 is 1.24 bits per heavy atom. The SMILES string of the molecule is Fc1cccc(-c2nc3ncc(Br)cc3o2)c1. The maximum absolute atomic E-state index is 13.1. The second-order valence-electron chi connectivity index (χ2n) is 3.50. The lowest BCUT2D eigenvalue weighted by Crippen LogP contribution is -1.79. The molecule has 2 aromatic heterocycles. The zero-order valence-electron chi connectivity index (χ0n) is 8.52. The minimum Gasteiger partial charge on any atom is -0.434 e. The Morgan fingerprint density at radius 3 is 2.94 bits per heavy atom. The van der Waals surface area contributed by atoms with Gasteiger partial charge in [-0.05, 0) is 34.1 Å². The summed E-state index contributed by atoms with van der Waals surface area (Å²) in [5.41, 5.74) is 1.67. The van der Waals surface area contributed by atoms with Crippen molar-refractivity contribution in [3.05, 3.63) is 46.8 Å². The van der Waals surface area contributed by atoms with Gasteiger partial charge in [0, 0.05) is 22.3 Å². The fraction of sp³-hybridized carbons (Fsp3) is 0. The quantitative estimate of drug-likeness (QED) is 0.685. The van der Waals surface area contributed by atoms with E-state index in [-0.39, 0.29) is 5.82 Å². The molecule has 0 radical (unpaired) electrons. The molecule has 2 heterocycles. The van der Waals surface area contributed by atoms with Crippen molar-refractivity contribution >= 4 is 27.2 Å². The molecule has 5 heteroatoms. The number of pyridine rings is 1. The summed E-state index contributed by atoms with van der Waals surface area (Å²) in [7, 11) is 0. The summed E-state index contributed by atoms with van der Waals surface area (Å²) < 4.78 is 19.4. The Bertz CT molecular complexity index is 696. The molecule has 0 N–H and O–H groups in total. The summed E-state index contributed by atoms with van der Waals surface area (Å²) in [6, 6.07) is 7.88. The normalized spacial score (nSPS) is 10.9. The van der Waals surface area contributed by atoms with E-state index in [0.29, 0.717) is 22.7 Å². The molecular formula is C12H6BrFN2O. The molecule has 1 aromatic carbocycles. The summed E-state index contributed by atoms with van der Waals surface area (Å²) in [5, 5.41) is 0. The van der Waals surface area contributed by atoms with Gasteiger partial charge in [-0.3, -0.25) is 0 Å². The van der Waals surface area contributed by atoms with Crippen LogP contribution in [0.15, 0.2) is 45.4 Å². The van der Waals surface area contributed by atoms with Crippen LogP contribution in [0.3, 0.4) is 0 Å². The zero-order chi connectivity index (χ0) is 11.8. The first-order valence-electron chi connectivity index (χ1n) is 4.90. The number of fused-ring (bicyclic) bond motifs is 1. The molecule has 0 aliphatic rings. The number of benzene rings is 1. The van der Waals surface area contributed by atoms with Crippen molar-refractivity contribution in [2.24, 2.45) is 0 Å². The summed E-state index contributed by atoms with van der Waals surface area (Å²) in [6.07, 6.45) is 1.64. The van der Waals surface area contributed by atoms with E-state index in [1.165, 1.54) is 12.1 Å². The van der Waals surface area contributed by atoms with E-state index in [4.69, 9.17) is 4.42 Å². The smallest absolute Gasteiger partial charge is 0.228 e. The first kappa shape index (κ1) is 10.4. The lowest BCUT2D eigenvalue weighted by atomic mass is 10.2. The Balaban J connectivity index is 2.18. The number of hydrogen-bond acceptors (Lipinski definition) is 3. The molecule has 0 aliphatic heterocycles. The molecular weight excluding hydrogens is 287 g/mol. The van der Waals surface area contributed by atoms with Crippen LogP contribution >= 0.6 is 15.9 Å². The molecule has 0 unspecified atom stereocenters. The van der Waals surface area contributed by atoms with Crippen molar-refractivity contribution in [1.29, 1.82) is 0 Å². The molecule has 3 nitrogen and oxygen atoms in total. The van der Waals surface area contributed by atoms with Crippen LogP contribution in [0, 0.1) is 5.82 Å². The van der Waals surface area contributed by atoms with Crippen molar-refractivity contribution in [1.82, 2.24) is 9.97 Å². The first-order chi connectivity index (χ1) is 8.22. The summed E-state index contributed by atoms with van der Waals surface area (Å²) in [4.78, 5) is 8.30. The second-order valence-corrected chi connectivity index (χ2v) is 4.42. The van der Waals surface area contributed by atoms with Crippen LogP contribution in [0.4, 0.5) is 4.39 Å². The number of aromatic nitrogens is 2. The predicted molar refractivity (Wildman–Crippen MR) is 64.9 cm³/mol. The third-order valence-electron chi connectivity index (χ3n) is 2.29. The second kappa shape index (κ2) is 3.92. The monoisotopic (exact) mass is 292 g/mol. The van der Waals surface area contributed by atoms with Crippen LogP contribution in [0.5, 0.6) is 0 Å². The van der Waals surface area contributed by atoms with Gasteiger partial charge in [0.25, 0.3) is 0 Å². The van der Waals surface area contributed by atoms with Gasteiger partial charge >= 0.3 is 0 Å². The van der Waals surface area contributed by atoms with Gasteiger partial charge in [0.05, 0.1) is 0 Å². The van der Waals surface area contributed by atoms with E-state index in [2.05, 4.69) is 25.9 Å². The zero-order valence-corrected chi connectivity index (χ0v) is 10.1. The highest BCUT2D eigenvalue weighted by Crippen LogP contribution is 2.25. The van der Waals surface area contributed by atoms with Gasteiger partial charge < -0.3 is 4.42 Å². The third-order valence-corrected chi connectivity index (χ3v) is 2.72. The fourth-order valence-corrected chi connectivity index (χ4v) is 1.85. The Morgan fingerprint density at radius 2 is 2.12 bits per heavy atom. The lowest BCUT2D eigenvalue weighted by molar-refractivity contribution is 0.611. The highest BCUT2D eigenvalue weighted by atomic mass is 79.9. The Kier molecular flexibility index (Phi) is 2.40. The number of hydrogen-bond donors (Lipinski definition) is 0. The van der Waals surface area contributed by atoms with Gasteiger partial charge in [-0.1, -0.05) is 6.07 Å². The van der Waals surface area contributed by atoms with Crippen molar-refractivity contribution in [3.63, 3.8) is 0 Å². The van der Waals surface area contributed by atoms with E-state index in [0.717, 1.165) is 4.47 Å². The van der Waals surface area contributed by atoms with Crippen molar-refractivity contribution in [2.45, 2.75) is 0 Å². The molecule has 3 aromatic rings. The van der Waals surface area contributed by atoms with E-state index < -0.39 is 0 Å². The van der Waals surface area contributed by atoms with Crippen LogP contribution in [0.2, 0.25) is 0 Å². The van der Waals surface area contributed by atoms with Gasteiger partial charge in [0.15, 0.2) is 11.2 Å². The van der Waals surface area contributed by atoms with Gasteiger partial charge in [0.2, 0.25) is 5.89 Å². The number of rotatable bonds is 1. The standard InChI is InChI=1S/C12H6BrFN2O/c13-8-5-10-11(15-6-8)16-12(17-10)7-2-1-3-9(14)4-7/h1-6H. The van der Waals surface area contributed by atoms with E-state index in [1.807, 2.05) is 0 Å². The van der Waals surface area contributed by atoms with E-state index in [9.17, 15) is 4.39 Å². The molecule has 0 aliphatic carbocycles. The highest BCUT2D eigenvalue weighted by molar-refractivity contribution is 9.10. The van der Waals surface area contributed by atoms with Crippen LogP contribution in [0.1, 0.15) is 0 Å². The first-order valence-corrected chi connectivity index (χ1v) is 5.70. The molecule has 0 fully saturated rings. The minimum atomic E-state index is -0.320. The van der Waals surface area contributed by atoms with Crippen LogP contribution in [-0.4, -0.2) is 9.97 Å². The van der Waals surface area contributed by atoms with Crippen LogP contribution in [0.25, 0.3) is 22.7 Å². The maximum Gasteiger partial charge on any atom is 0.228 e. The Labute approximate surface area is 104 Å². The van der Waals surface area contributed by atoms with Crippen LogP contribution in [-0.2, 0) is 0 Å². The molecule has 3 rings (SSSR count). The number of oxazole rings is 1. The molecule has 0 saturated heterocycles. The molecule has 17 heavy (non-hydrogen) atoms. The molecule has 0 amide bonds. The van der Waals surface area contributed by atoms with Crippen molar-refractivity contribution < 1.29 is 8.81 Å².